The molecule has 0 unspecified atom stereocenters. The summed E-state index contributed by atoms with van der Waals surface area (Å²) in [7, 11) is -8.64. The molecule has 0 fully saturated rings. The predicted octanol–water partition coefficient (Wildman–Crippen LogP) is 12.0. The molecule has 0 aromatic heterocycles. The third-order valence-corrected chi connectivity index (χ3v) is 32.0. The Bertz CT molecular complexity index is 837. The van der Waals surface area contributed by atoms with Gasteiger partial charge < -0.3 is 9.47 Å². The van der Waals surface area contributed by atoms with Gasteiger partial charge in [0.1, 0.15) is 16.1 Å². The molecule has 252 valence electrons. The molecule has 3 nitrogen and oxygen atoms in total. The number of ether oxygens (including phenoxy) is 2. The summed E-state index contributed by atoms with van der Waals surface area (Å²) in [5.74, 6) is 0. The average Bonchev–Trinajstić information content (AvgIpc) is 2.98. The number of rotatable bonds is 26. The number of hydrogen-bond donors (Lipinski definition) is 0. The molecule has 44 heavy (non-hydrogen) atoms. The van der Waals surface area contributed by atoms with Gasteiger partial charge in [0.25, 0.3) is 0 Å². The van der Waals surface area contributed by atoms with Crippen molar-refractivity contribution in [2.24, 2.45) is 0 Å². The van der Waals surface area contributed by atoms with Crippen LogP contribution in [0.25, 0.3) is 0 Å². The van der Waals surface area contributed by atoms with Gasteiger partial charge in [0.2, 0.25) is 0 Å². The number of carbonyl (C=O) groups excluding carboxylic acids is 1. The van der Waals surface area contributed by atoms with E-state index in [1.807, 2.05) is 0 Å². The van der Waals surface area contributed by atoms with Crippen molar-refractivity contribution in [3.8, 4) is 0 Å². The minimum absolute atomic E-state index is 0.468. The molecule has 0 radical (unpaired) electrons. The number of carbonyl (C=O) groups is 1. The summed E-state index contributed by atoms with van der Waals surface area (Å²) in [5.41, 5.74) is 12.7. The van der Waals surface area contributed by atoms with Gasteiger partial charge in [0, 0.05) is 32.3 Å². The first kappa shape index (κ1) is 43.0. The van der Waals surface area contributed by atoms with E-state index in [9.17, 15) is 4.79 Å². The molecule has 0 aromatic rings. The molecular weight excluding hydrogens is 637 g/mol. The minimum atomic E-state index is -1.71. The molecular formula is C35H70O3Si6. The first-order valence-corrected chi connectivity index (χ1v) is 35.4. The van der Waals surface area contributed by atoms with E-state index in [1.54, 1.807) is 0 Å². The highest BCUT2D eigenvalue weighted by Crippen LogP contribution is 2.32. The zero-order valence-corrected chi connectivity index (χ0v) is 36.3. The Morgan fingerprint density at radius 2 is 0.659 bits per heavy atom. The monoisotopic (exact) mass is 706 g/mol. The topological polar surface area (TPSA) is 35.5 Å². The molecule has 0 aliphatic carbocycles. The Labute approximate surface area is 280 Å². The minimum Gasteiger partial charge on any atom is -0.434 e. The fourth-order valence-corrected chi connectivity index (χ4v) is 30.7. The maximum Gasteiger partial charge on any atom is 0.508 e. The van der Waals surface area contributed by atoms with Crippen molar-refractivity contribution in [2.75, 3.05) is 13.2 Å². The Hall–Kier alpha value is -0.989. The molecule has 0 saturated heterocycles. The second-order valence-electron chi connectivity index (χ2n) is 16.3. The third kappa shape index (κ3) is 17.6. The van der Waals surface area contributed by atoms with Crippen molar-refractivity contribution >= 4 is 54.6 Å². The van der Waals surface area contributed by atoms with Gasteiger partial charge in [-0.25, -0.2) is 4.79 Å². The highest BCUT2D eigenvalue weighted by Gasteiger charge is 2.32. The molecule has 0 spiro atoms. The summed E-state index contributed by atoms with van der Waals surface area (Å²) in [6, 6.07) is 12.8. The van der Waals surface area contributed by atoms with E-state index in [1.165, 1.54) is 60.4 Å². The molecule has 0 bridgehead atoms. The molecule has 0 rings (SSSR count). The van der Waals surface area contributed by atoms with E-state index in [4.69, 9.17) is 9.47 Å². The molecule has 0 amide bonds. The lowest BCUT2D eigenvalue weighted by Gasteiger charge is -2.31. The second kappa shape index (κ2) is 19.6. The van der Waals surface area contributed by atoms with Crippen LogP contribution in [-0.4, -0.2) is 67.8 Å². The SMILES string of the molecule is C=C[Si](C=C)(C=C)CC[Si](C)(C)CC[Si](C)(C)CCCOC(=O)OCCC[Si](C)(C)CC[Si](C)(C)CC[Si](C=C)(C=C)C=C. The highest BCUT2D eigenvalue weighted by atomic mass is 28.3. The standard InChI is InChI=1S/C35H70O3Si6/c1-15-43(16-2,17-3)33-31-41(11,12)29-27-39(7,8)25-21-23-37-35(36)38-24-22-26-40(9,10)28-30-42(13,14)32-34-44(18-4,19-5)20-6/h15-20H,1-6,21-34H2,7-14H3. The molecule has 0 N–H and O–H groups in total. The Balaban J connectivity index is 4.34. The van der Waals surface area contributed by atoms with E-state index in [0.29, 0.717) is 13.2 Å². The summed E-state index contributed by atoms with van der Waals surface area (Å²) in [6.07, 6.45) is 1.38. The molecule has 0 saturated carbocycles. The Morgan fingerprint density at radius 1 is 0.432 bits per heavy atom. The van der Waals surface area contributed by atoms with Gasteiger partial charge >= 0.3 is 6.16 Å². The van der Waals surface area contributed by atoms with Crippen LogP contribution in [0.15, 0.2) is 73.7 Å². The smallest absolute Gasteiger partial charge is 0.434 e. The maximum atomic E-state index is 12.2. The zero-order chi connectivity index (χ0) is 34.1. The molecule has 0 aliphatic heterocycles. The van der Waals surface area contributed by atoms with Crippen LogP contribution in [0.2, 0.25) is 113 Å². The summed E-state index contributed by atoms with van der Waals surface area (Å²) >= 11 is 0. The van der Waals surface area contributed by atoms with Gasteiger partial charge in [-0.2, -0.15) is 0 Å². The van der Waals surface area contributed by atoms with E-state index in [0.717, 1.165) is 12.8 Å². The zero-order valence-electron chi connectivity index (χ0n) is 30.3. The summed E-state index contributed by atoms with van der Waals surface area (Å²) in [5, 5.41) is 0. The van der Waals surface area contributed by atoms with Crippen LogP contribution in [0.4, 0.5) is 4.79 Å². The van der Waals surface area contributed by atoms with E-state index >= 15 is 0 Å². The van der Waals surface area contributed by atoms with Gasteiger partial charge in [-0.1, -0.05) is 135 Å². The molecule has 0 aromatic carbocycles. The summed E-state index contributed by atoms with van der Waals surface area (Å²) in [4.78, 5) is 12.2. The maximum absolute atomic E-state index is 12.2. The van der Waals surface area contributed by atoms with E-state index < -0.39 is 54.6 Å². The quantitative estimate of drug-likeness (QED) is 0.0510. The fraction of sp³-hybridized carbons (Fsp3) is 0.629. The van der Waals surface area contributed by atoms with Crippen LogP contribution in [0, 0.1) is 0 Å². The van der Waals surface area contributed by atoms with Crippen LogP contribution >= 0.6 is 0 Å². The highest BCUT2D eigenvalue weighted by molar-refractivity contribution is 6.95. The molecule has 0 heterocycles. The normalized spacial score (nSPS) is 13.1. The summed E-state index contributed by atoms with van der Waals surface area (Å²) < 4.78 is 10.9. The van der Waals surface area contributed by atoms with Crippen molar-refractivity contribution < 1.29 is 14.3 Å². The fourth-order valence-electron chi connectivity index (χ4n) is 5.53. The van der Waals surface area contributed by atoms with Crippen LogP contribution in [0.3, 0.4) is 0 Å². The lowest BCUT2D eigenvalue weighted by atomic mass is 10.5. The first-order valence-electron chi connectivity index (χ1n) is 16.9. The van der Waals surface area contributed by atoms with Crippen molar-refractivity contribution in [1.29, 1.82) is 0 Å². The van der Waals surface area contributed by atoms with Gasteiger partial charge in [-0.3, -0.25) is 0 Å². The molecule has 9 heteroatoms. The largest absolute Gasteiger partial charge is 0.508 e. The average molecular weight is 707 g/mol. The van der Waals surface area contributed by atoms with Crippen LogP contribution in [0.5, 0.6) is 0 Å². The summed E-state index contributed by atoms with van der Waals surface area (Å²) in [6.45, 7) is 45.4. The lowest BCUT2D eigenvalue weighted by molar-refractivity contribution is 0.0553. The van der Waals surface area contributed by atoms with Crippen LogP contribution in [0.1, 0.15) is 12.8 Å². The first-order chi connectivity index (χ1) is 20.3. The van der Waals surface area contributed by atoms with Crippen molar-refractivity contribution in [3.05, 3.63) is 73.7 Å². The number of hydrogen-bond acceptors (Lipinski definition) is 3. The van der Waals surface area contributed by atoms with Crippen molar-refractivity contribution in [3.63, 3.8) is 0 Å². The van der Waals surface area contributed by atoms with Crippen LogP contribution < -0.4 is 0 Å². The predicted molar refractivity (Wildman–Crippen MR) is 217 cm³/mol. The van der Waals surface area contributed by atoms with Gasteiger partial charge in [-0.15, -0.1) is 39.5 Å². The van der Waals surface area contributed by atoms with Gasteiger partial charge in [0.05, 0.1) is 13.2 Å². The van der Waals surface area contributed by atoms with Crippen molar-refractivity contribution in [2.45, 2.75) is 126 Å². The third-order valence-electron chi connectivity index (χ3n) is 10.1. The molecule has 0 aliphatic rings. The Morgan fingerprint density at radius 3 is 0.909 bits per heavy atom. The molecule has 0 atom stereocenters. The van der Waals surface area contributed by atoms with Crippen LogP contribution in [-0.2, 0) is 9.47 Å². The van der Waals surface area contributed by atoms with Gasteiger partial charge in [0.15, 0.2) is 0 Å². The second-order valence-corrected chi connectivity index (χ2v) is 45.5. The van der Waals surface area contributed by atoms with E-state index in [-0.39, 0.29) is 0 Å². The Kier molecular flexibility index (Phi) is 19.2. The van der Waals surface area contributed by atoms with Crippen molar-refractivity contribution in [1.82, 2.24) is 0 Å². The van der Waals surface area contributed by atoms with E-state index in [2.05, 4.69) is 126 Å². The van der Waals surface area contributed by atoms with Gasteiger partial charge in [-0.05, 0) is 24.9 Å². The lowest BCUT2D eigenvalue weighted by Crippen LogP contribution is -2.35.